The number of halogens is 2. The third-order valence-corrected chi connectivity index (χ3v) is 5.69. The van der Waals surface area contributed by atoms with Gasteiger partial charge in [0.1, 0.15) is 0 Å². The standard InChI is InChI=1S/C22H34F2N4O2/c1-3-25-22(27-17-11-12-28(15-17)18-7-5-6-8-18)26-14-16-9-10-19(30-21(23)24)20(13-16)29-4-2/h9-10,13,17-18,21H,3-8,11-12,14-15H2,1-2H3,(H2,25,26,27). The summed E-state index contributed by atoms with van der Waals surface area (Å²) in [6.45, 7) is 4.73. The van der Waals surface area contributed by atoms with Crippen LogP contribution in [0, 0.1) is 0 Å². The van der Waals surface area contributed by atoms with Crippen molar-refractivity contribution in [2.75, 3.05) is 26.2 Å². The molecule has 0 radical (unpaired) electrons. The number of aliphatic imine (C=N–C) groups is 1. The lowest BCUT2D eigenvalue weighted by molar-refractivity contribution is -0.0514. The number of nitrogens with one attached hydrogen (secondary N) is 2. The number of nitrogens with zero attached hydrogens (tertiary/aromatic N) is 2. The van der Waals surface area contributed by atoms with Crippen LogP contribution in [0.25, 0.3) is 0 Å². The maximum Gasteiger partial charge on any atom is 0.387 e. The predicted octanol–water partition coefficient (Wildman–Crippen LogP) is 3.76. The van der Waals surface area contributed by atoms with Crippen molar-refractivity contribution in [1.29, 1.82) is 0 Å². The van der Waals surface area contributed by atoms with E-state index >= 15 is 0 Å². The SMILES string of the molecule is CCNC(=NCc1ccc(OC(F)F)c(OCC)c1)NC1CCN(C2CCCC2)C1. The molecule has 0 spiro atoms. The van der Waals surface area contributed by atoms with Gasteiger partial charge < -0.3 is 20.1 Å². The highest BCUT2D eigenvalue weighted by atomic mass is 19.3. The van der Waals surface area contributed by atoms with Gasteiger partial charge in [-0.25, -0.2) is 4.99 Å². The highest BCUT2D eigenvalue weighted by Crippen LogP contribution is 2.30. The Kier molecular flexibility index (Phi) is 8.54. The molecule has 0 amide bonds. The van der Waals surface area contributed by atoms with E-state index < -0.39 is 6.61 Å². The summed E-state index contributed by atoms with van der Waals surface area (Å²) < 4.78 is 35.2. The summed E-state index contributed by atoms with van der Waals surface area (Å²) in [5.41, 5.74) is 0.872. The fourth-order valence-electron chi connectivity index (χ4n) is 4.30. The first-order valence-corrected chi connectivity index (χ1v) is 11.1. The third-order valence-electron chi connectivity index (χ3n) is 5.69. The number of ether oxygens (including phenoxy) is 2. The Hall–Kier alpha value is -2.09. The highest BCUT2D eigenvalue weighted by Gasteiger charge is 2.30. The van der Waals surface area contributed by atoms with Crippen molar-refractivity contribution in [2.45, 2.75) is 71.2 Å². The van der Waals surface area contributed by atoms with Crippen molar-refractivity contribution in [2.24, 2.45) is 4.99 Å². The molecule has 1 unspecified atom stereocenters. The fourth-order valence-corrected chi connectivity index (χ4v) is 4.30. The van der Waals surface area contributed by atoms with Crippen molar-refractivity contribution in [3.05, 3.63) is 23.8 Å². The van der Waals surface area contributed by atoms with Crippen LogP contribution >= 0.6 is 0 Å². The molecule has 1 aliphatic carbocycles. The highest BCUT2D eigenvalue weighted by molar-refractivity contribution is 5.80. The summed E-state index contributed by atoms with van der Waals surface area (Å²) in [6.07, 6.45) is 6.49. The van der Waals surface area contributed by atoms with Gasteiger partial charge in [0.15, 0.2) is 17.5 Å². The minimum Gasteiger partial charge on any atom is -0.490 e. The first-order chi connectivity index (χ1) is 14.6. The number of hydrogen-bond donors (Lipinski definition) is 2. The molecule has 0 bridgehead atoms. The van der Waals surface area contributed by atoms with Crippen LogP contribution < -0.4 is 20.1 Å². The van der Waals surface area contributed by atoms with Gasteiger partial charge in [-0.2, -0.15) is 8.78 Å². The molecule has 8 heteroatoms. The van der Waals surface area contributed by atoms with Crippen LogP contribution in [0.2, 0.25) is 0 Å². The molecule has 1 atom stereocenters. The molecule has 3 rings (SSSR count). The predicted molar refractivity (Wildman–Crippen MR) is 114 cm³/mol. The second-order valence-electron chi connectivity index (χ2n) is 7.85. The number of benzene rings is 1. The molecule has 0 aromatic heterocycles. The summed E-state index contributed by atoms with van der Waals surface area (Å²) >= 11 is 0. The Balaban J connectivity index is 1.60. The zero-order valence-corrected chi connectivity index (χ0v) is 18.0. The Morgan fingerprint density at radius 1 is 1.20 bits per heavy atom. The summed E-state index contributed by atoms with van der Waals surface area (Å²) in [7, 11) is 0. The Bertz CT molecular complexity index is 696. The van der Waals surface area contributed by atoms with Crippen LogP contribution in [0.3, 0.4) is 0 Å². The van der Waals surface area contributed by atoms with Crippen LogP contribution in [0.4, 0.5) is 8.78 Å². The first-order valence-electron chi connectivity index (χ1n) is 11.1. The van der Waals surface area contributed by atoms with Gasteiger partial charge in [0.05, 0.1) is 13.2 Å². The molecule has 2 N–H and O–H groups in total. The van der Waals surface area contributed by atoms with E-state index in [0.717, 1.165) is 43.6 Å². The zero-order valence-electron chi connectivity index (χ0n) is 18.0. The summed E-state index contributed by atoms with van der Waals surface area (Å²) in [6, 6.07) is 6.11. The molecule has 1 heterocycles. The average molecular weight is 425 g/mol. The zero-order chi connectivity index (χ0) is 21.3. The van der Waals surface area contributed by atoms with Gasteiger partial charge in [0.2, 0.25) is 0 Å². The molecule has 1 aromatic rings. The minimum absolute atomic E-state index is 0.0440. The molecule has 30 heavy (non-hydrogen) atoms. The Morgan fingerprint density at radius 3 is 2.70 bits per heavy atom. The lowest BCUT2D eigenvalue weighted by Crippen LogP contribution is -2.45. The van der Waals surface area contributed by atoms with Crippen molar-refractivity contribution in [3.8, 4) is 11.5 Å². The average Bonchev–Trinajstić information content (AvgIpc) is 3.39. The summed E-state index contributed by atoms with van der Waals surface area (Å²) in [4.78, 5) is 7.31. The van der Waals surface area contributed by atoms with E-state index in [0.29, 0.717) is 24.9 Å². The topological polar surface area (TPSA) is 58.1 Å². The van der Waals surface area contributed by atoms with E-state index in [1.54, 1.807) is 19.1 Å². The second kappa shape index (κ2) is 11.3. The van der Waals surface area contributed by atoms with Gasteiger partial charge in [0.25, 0.3) is 0 Å². The molecule has 168 valence electrons. The van der Waals surface area contributed by atoms with E-state index in [1.807, 2.05) is 6.92 Å². The van der Waals surface area contributed by atoms with E-state index in [2.05, 4.69) is 20.3 Å². The van der Waals surface area contributed by atoms with Crippen LogP contribution in [0.1, 0.15) is 51.5 Å². The molecule has 1 aromatic carbocycles. The second-order valence-corrected chi connectivity index (χ2v) is 7.85. The van der Waals surface area contributed by atoms with Crippen LogP contribution in [0.5, 0.6) is 11.5 Å². The van der Waals surface area contributed by atoms with Crippen LogP contribution in [-0.2, 0) is 6.54 Å². The maximum absolute atomic E-state index is 12.6. The van der Waals surface area contributed by atoms with Crippen molar-refractivity contribution in [1.82, 2.24) is 15.5 Å². The number of guanidine groups is 1. The van der Waals surface area contributed by atoms with Crippen LogP contribution in [0.15, 0.2) is 23.2 Å². The number of rotatable bonds is 9. The molecule has 2 fully saturated rings. The van der Waals surface area contributed by atoms with Gasteiger partial charge in [-0.15, -0.1) is 0 Å². The van der Waals surface area contributed by atoms with E-state index in [1.165, 1.54) is 31.7 Å². The van der Waals surface area contributed by atoms with Gasteiger partial charge in [-0.3, -0.25) is 4.90 Å². The van der Waals surface area contributed by atoms with Crippen molar-refractivity contribution in [3.63, 3.8) is 0 Å². The molecule has 1 aliphatic heterocycles. The molecule has 1 saturated carbocycles. The molecule has 1 saturated heterocycles. The van der Waals surface area contributed by atoms with Gasteiger partial charge >= 0.3 is 6.61 Å². The molecule has 6 nitrogen and oxygen atoms in total. The Labute approximate surface area is 178 Å². The van der Waals surface area contributed by atoms with Gasteiger partial charge in [-0.05, 0) is 50.8 Å². The lowest BCUT2D eigenvalue weighted by Gasteiger charge is -2.24. The van der Waals surface area contributed by atoms with E-state index in [4.69, 9.17) is 9.73 Å². The van der Waals surface area contributed by atoms with E-state index in [9.17, 15) is 8.78 Å². The van der Waals surface area contributed by atoms with Gasteiger partial charge in [-0.1, -0.05) is 18.9 Å². The van der Waals surface area contributed by atoms with Crippen molar-refractivity contribution < 1.29 is 18.3 Å². The fraction of sp³-hybridized carbons (Fsp3) is 0.682. The number of hydrogen-bond acceptors (Lipinski definition) is 4. The number of likely N-dealkylation sites (tertiary alicyclic amines) is 1. The maximum atomic E-state index is 12.6. The van der Waals surface area contributed by atoms with Gasteiger partial charge in [0, 0.05) is 31.7 Å². The molecular formula is C22H34F2N4O2. The number of alkyl halides is 2. The summed E-state index contributed by atoms with van der Waals surface area (Å²) in [5, 5.41) is 6.87. The molecular weight excluding hydrogens is 390 g/mol. The van der Waals surface area contributed by atoms with Crippen LogP contribution in [-0.4, -0.2) is 55.8 Å². The quantitative estimate of drug-likeness (QED) is 0.467. The van der Waals surface area contributed by atoms with E-state index in [-0.39, 0.29) is 5.75 Å². The first kappa shape index (κ1) is 22.6. The normalized spacial score (nSPS) is 20.7. The third kappa shape index (κ3) is 6.45. The molecule has 2 aliphatic rings. The minimum atomic E-state index is -2.88. The summed E-state index contributed by atoms with van der Waals surface area (Å²) in [5.74, 6) is 1.13. The lowest BCUT2D eigenvalue weighted by atomic mass is 10.2. The van der Waals surface area contributed by atoms with Crippen molar-refractivity contribution >= 4 is 5.96 Å². The largest absolute Gasteiger partial charge is 0.490 e. The monoisotopic (exact) mass is 424 g/mol. The Morgan fingerprint density at radius 2 is 2.00 bits per heavy atom. The smallest absolute Gasteiger partial charge is 0.387 e.